The van der Waals surface area contributed by atoms with Crippen molar-refractivity contribution in [1.82, 2.24) is 4.72 Å². The molecule has 0 radical (unpaired) electrons. The van der Waals surface area contributed by atoms with Crippen molar-refractivity contribution in [1.29, 1.82) is 0 Å². The molecule has 1 N–H and O–H groups in total. The van der Waals surface area contributed by atoms with E-state index in [1.165, 1.54) is 24.3 Å². The summed E-state index contributed by atoms with van der Waals surface area (Å²) >= 11 is 9.11. The summed E-state index contributed by atoms with van der Waals surface area (Å²) in [4.78, 5) is 0.167. The topological polar surface area (TPSA) is 55.4 Å². The van der Waals surface area contributed by atoms with E-state index in [1.807, 2.05) is 12.1 Å². The minimum absolute atomic E-state index is 0.133. The fourth-order valence-electron chi connectivity index (χ4n) is 1.76. The molecule has 0 saturated carbocycles. The number of sulfonamides is 1. The molecule has 2 rings (SSSR count). The first kappa shape index (κ1) is 16.3. The summed E-state index contributed by atoms with van der Waals surface area (Å²) < 4.78 is 33.0. The summed E-state index contributed by atoms with van der Waals surface area (Å²) in [5.74, 6) is 0.622. The Balaban J connectivity index is 2.19. The first-order valence-corrected chi connectivity index (χ1v) is 8.65. The Morgan fingerprint density at radius 3 is 2.48 bits per heavy atom. The van der Waals surface area contributed by atoms with E-state index < -0.39 is 10.0 Å². The number of ether oxygens (including phenoxy) is 1. The number of benzene rings is 2. The van der Waals surface area contributed by atoms with Crippen molar-refractivity contribution in [3.8, 4) is 5.75 Å². The Morgan fingerprint density at radius 2 is 1.86 bits per heavy atom. The Kier molecular flexibility index (Phi) is 5.27. The van der Waals surface area contributed by atoms with Crippen molar-refractivity contribution in [2.75, 3.05) is 7.11 Å². The summed E-state index contributed by atoms with van der Waals surface area (Å²) in [5.41, 5.74) is 0.740. The Hall–Kier alpha value is -1.08. The molecule has 0 aliphatic rings. The van der Waals surface area contributed by atoms with Crippen LogP contribution in [0.25, 0.3) is 0 Å². The van der Waals surface area contributed by atoms with Gasteiger partial charge in [-0.3, -0.25) is 0 Å². The number of nitrogens with one attached hydrogen (secondary N) is 1. The maximum absolute atomic E-state index is 12.2. The van der Waals surface area contributed by atoms with Crippen molar-refractivity contribution >= 4 is 37.6 Å². The van der Waals surface area contributed by atoms with Crippen LogP contribution in [0, 0.1) is 0 Å². The fraction of sp³-hybridized carbons (Fsp3) is 0.143. The smallest absolute Gasteiger partial charge is 0.240 e. The number of methoxy groups -OCH3 is 1. The van der Waals surface area contributed by atoms with Crippen LogP contribution < -0.4 is 9.46 Å². The monoisotopic (exact) mass is 389 g/mol. The van der Waals surface area contributed by atoms with E-state index in [4.69, 9.17) is 16.3 Å². The normalized spacial score (nSPS) is 11.4. The number of rotatable bonds is 5. The molecule has 0 aliphatic heterocycles. The highest BCUT2D eigenvalue weighted by Gasteiger charge is 2.14. The second-order valence-electron chi connectivity index (χ2n) is 4.23. The van der Waals surface area contributed by atoms with Gasteiger partial charge in [0.05, 0.1) is 12.0 Å². The van der Waals surface area contributed by atoms with Crippen LogP contribution in [0.5, 0.6) is 5.75 Å². The van der Waals surface area contributed by atoms with Crippen molar-refractivity contribution < 1.29 is 13.2 Å². The highest BCUT2D eigenvalue weighted by Crippen LogP contribution is 2.23. The van der Waals surface area contributed by atoms with Crippen molar-refractivity contribution in [2.45, 2.75) is 11.4 Å². The summed E-state index contributed by atoms with van der Waals surface area (Å²) in [6.07, 6.45) is 0. The van der Waals surface area contributed by atoms with Crippen LogP contribution in [0.15, 0.2) is 51.8 Å². The second kappa shape index (κ2) is 6.79. The molecule has 0 saturated heterocycles. The molecular weight excluding hydrogens is 378 g/mol. The van der Waals surface area contributed by atoms with E-state index in [-0.39, 0.29) is 11.4 Å². The predicted octanol–water partition coefficient (Wildman–Crippen LogP) is 3.59. The molecular formula is C14H13BrClNO3S. The highest BCUT2D eigenvalue weighted by molar-refractivity contribution is 9.10. The number of hydrogen-bond acceptors (Lipinski definition) is 3. The molecule has 7 heteroatoms. The van der Waals surface area contributed by atoms with Crippen LogP contribution in [0.1, 0.15) is 5.56 Å². The van der Waals surface area contributed by atoms with E-state index in [1.54, 1.807) is 13.2 Å². The number of halogens is 2. The van der Waals surface area contributed by atoms with Gasteiger partial charge in [-0.05, 0) is 42.5 Å². The molecule has 21 heavy (non-hydrogen) atoms. The average molecular weight is 391 g/mol. The lowest BCUT2D eigenvalue weighted by Crippen LogP contribution is -2.23. The van der Waals surface area contributed by atoms with Gasteiger partial charge >= 0.3 is 0 Å². The van der Waals surface area contributed by atoms with E-state index in [0.29, 0.717) is 10.8 Å². The highest BCUT2D eigenvalue weighted by atomic mass is 79.9. The molecule has 4 nitrogen and oxygen atoms in total. The minimum atomic E-state index is -3.59. The van der Waals surface area contributed by atoms with Gasteiger partial charge in [0.25, 0.3) is 0 Å². The molecule has 0 bridgehead atoms. The van der Waals surface area contributed by atoms with Crippen molar-refractivity contribution in [2.24, 2.45) is 0 Å². The van der Waals surface area contributed by atoms with Gasteiger partial charge in [-0.15, -0.1) is 0 Å². The van der Waals surface area contributed by atoms with Gasteiger partial charge in [-0.2, -0.15) is 0 Å². The Labute approximate surface area is 137 Å². The van der Waals surface area contributed by atoms with Crippen LogP contribution in [0.4, 0.5) is 0 Å². The van der Waals surface area contributed by atoms with Crippen LogP contribution >= 0.6 is 27.5 Å². The number of hydrogen-bond donors (Lipinski definition) is 1. The van der Waals surface area contributed by atoms with Crippen molar-refractivity contribution in [3.05, 3.63) is 57.5 Å². The van der Waals surface area contributed by atoms with Gasteiger partial charge in [-0.25, -0.2) is 13.1 Å². The maximum Gasteiger partial charge on any atom is 0.240 e. The lowest BCUT2D eigenvalue weighted by atomic mass is 10.2. The lowest BCUT2D eigenvalue weighted by Gasteiger charge is -2.11. The molecule has 0 aromatic heterocycles. The van der Waals surface area contributed by atoms with Gasteiger partial charge in [0, 0.05) is 21.6 Å². The third-order valence-corrected chi connectivity index (χ3v) is 4.98. The Bertz CT molecular complexity index is 732. The molecule has 0 heterocycles. The molecule has 2 aromatic carbocycles. The van der Waals surface area contributed by atoms with E-state index >= 15 is 0 Å². The zero-order chi connectivity index (χ0) is 15.5. The largest absolute Gasteiger partial charge is 0.496 e. The van der Waals surface area contributed by atoms with Gasteiger partial charge in [-0.1, -0.05) is 27.5 Å². The zero-order valence-electron chi connectivity index (χ0n) is 11.1. The Morgan fingerprint density at radius 1 is 1.19 bits per heavy atom. The SMILES string of the molecule is COc1ccc(Br)cc1CNS(=O)(=O)c1ccc(Cl)cc1. The summed E-state index contributed by atoms with van der Waals surface area (Å²) in [6, 6.07) is 11.4. The molecule has 0 atom stereocenters. The first-order chi connectivity index (χ1) is 9.92. The average Bonchev–Trinajstić information content (AvgIpc) is 2.46. The van der Waals surface area contributed by atoms with E-state index in [0.717, 1.165) is 10.0 Å². The quantitative estimate of drug-likeness (QED) is 0.849. The first-order valence-electron chi connectivity index (χ1n) is 6.00. The molecule has 0 aliphatic carbocycles. The zero-order valence-corrected chi connectivity index (χ0v) is 14.3. The lowest BCUT2D eigenvalue weighted by molar-refractivity contribution is 0.409. The molecule has 0 spiro atoms. The van der Waals surface area contributed by atoms with Gasteiger partial charge < -0.3 is 4.74 Å². The predicted molar refractivity (Wildman–Crippen MR) is 86.2 cm³/mol. The van der Waals surface area contributed by atoms with Crippen LogP contribution in [0.3, 0.4) is 0 Å². The van der Waals surface area contributed by atoms with Crippen LogP contribution in [0.2, 0.25) is 5.02 Å². The molecule has 0 unspecified atom stereocenters. The molecule has 0 amide bonds. The second-order valence-corrected chi connectivity index (χ2v) is 7.35. The van der Waals surface area contributed by atoms with Gasteiger partial charge in [0.15, 0.2) is 0 Å². The fourth-order valence-corrected chi connectivity index (χ4v) is 3.30. The minimum Gasteiger partial charge on any atom is -0.496 e. The molecule has 2 aromatic rings. The molecule has 112 valence electrons. The summed E-state index contributed by atoms with van der Waals surface area (Å²) in [7, 11) is -2.05. The maximum atomic E-state index is 12.2. The van der Waals surface area contributed by atoms with Gasteiger partial charge in [0.2, 0.25) is 10.0 Å². The van der Waals surface area contributed by atoms with Crippen LogP contribution in [-0.4, -0.2) is 15.5 Å². The standard InChI is InChI=1S/C14H13BrClNO3S/c1-20-14-7-2-11(15)8-10(14)9-17-21(18,19)13-5-3-12(16)4-6-13/h2-8,17H,9H2,1H3. The third-order valence-electron chi connectivity index (χ3n) is 2.82. The van der Waals surface area contributed by atoms with Crippen LogP contribution in [-0.2, 0) is 16.6 Å². The molecule has 0 fully saturated rings. The third kappa shape index (κ3) is 4.20. The summed E-state index contributed by atoms with van der Waals surface area (Å²) in [6.45, 7) is 0.133. The van der Waals surface area contributed by atoms with E-state index in [2.05, 4.69) is 20.7 Å². The van der Waals surface area contributed by atoms with E-state index in [9.17, 15) is 8.42 Å². The van der Waals surface area contributed by atoms with Crippen molar-refractivity contribution in [3.63, 3.8) is 0 Å². The van der Waals surface area contributed by atoms with Gasteiger partial charge in [0.1, 0.15) is 5.75 Å². The summed E-state index contributed by atoms with van der Waals surface area (Å²) in [5, 5.41) is 0.489.